The summed E-state index contributed by atoms with van der Waals surface area (Å²) in [5, 5.41) is 11.2. The van der Waals surface area contributed by atoms with E-state index in [0.717, 1.165) is 26.0 Å². The van der Waals surface area contributed by atoms with Crippen molar-refractivity contribution < 1.29 is 93.2 Å². The molecule has 1 heterocycles. The average molecular weight is 562 g/mol. The summed E-state index contributed by atoms with van der Waals surface area (Å²) in [6.07, 6.45) is -22.6. The molecule has 0 aliphatic carbocycles. The van der Waals surface area contributed by atoms with Crippen LogP contribution >= 0.6 is 0 Å². The van der Waals surface area contributed by atoms with Crippen molar-refractivity contribution in [3.05, 3.63) is 29.3 Å². The van der Waals surface area contributed by atoms with E-state index in [2.05, 4.69) is 4.74 Å². The zero-order valence-corrected chi connectivity index (χ0v) is 21.7. The summed E-state index contributed by atoms with van der Waals surface area (Å²) in [5.41, 5.74) is -3.01. The van der Waals surface area contributed by atoms with Crippen LogP contribution in [0.3, 0.4) is 0 Å². The third-order valence-corrected chi connectivity index (χ3v) is 5.09. The summed E-state index contributed by atoms with van der Waals surface area (Å²) in [5.74, 6) is -2.12. The number of carboxylic acid groups (broad SMARTS) is 1. The maximum Gasteiger partial charge on any atom is 1.00 e. The second-order valence-corrected chi connectivity index (χ2v) is 8.33. The number of carboxylic acids is 1. The number of carbonyl (C=O) groups is 2. The van der Waals surface area contributed by atoms with Crippen LogP contribution in [-0.2, 0) is 22.3 Å². The van der Waals surface area contributed by atoms with Gasteiger partial charge in [0.25, 0.3) is 6.10 Å². The Balaban J connectivity index is 0.00000684. The Hall–Kier alpha value is -1.91. The first-order valence-corrected chi connectivity index (χ1v) is 10.1. The monoisotopic (exact) mass is 562 g/mol. The fraction of sp³-hybridized carbons (Fsp3) is 0.600. The molecule has 17 heteroatoms. The van der Waals surface area contributed by atoms with Gasteiger partial charge in [-0.05, 0) is 26.0 Å². The smallest absolute Gasteiger partial charge is 0.546 e. The summed E-state index contributed by atoms with van der Waals surface area (Å²) in [7, 11) is 0. The minimum Gasteiger partial charge on any atom is -0.546 e. The summed E-state index contributed by atoms with van der Waals surface area (Å²) >= 11 is 0. The molecule has 37 heavy (non-hydrogen) atoms. The van der Waals surface area contributed by atoms with Gasteiger partial charge < -0.3 is 24.3 Å². The minimum absolute atomic E-state index is 0. The maximum atomic E-state index is 13.1. The summed E-state index contributed by atoms with van der Waals surface area (Å²) in [6.45, 7) is 1.11. The van der Waals surface area contributed by atoms with Crippen molar-refractivity contribution in [2.75, 3.05) is 26.2 Å². The molecule has 0 saturated carbocycles. The average Bonchev–Trinajstić information content (AvgIpc) is 2.70. The number of rotatable bonds is 6. The number of hydrogen-bond donors (Lipinski definition) is 0. The fourth-order valence-corrected chi connectivity index (χ4v) is 3.10. The van der Waals surface area contributed by atoms with Crippen molar-refractivity contribution in [3.63, 3.8) is 0 Å². The van der Waals surface area contributed by atoms with E-state index in [-0.39, 0.29) is 67.8 Å². The number of piperazine rings is 1. The van der Waals surface area contributed by atoms with Gasteiger partial charge in [0, 0.05) is 38.3 Å². The molecule has 2 rings (SSSR count). The molecule has 0 atom stereocenters. The molecular weight excluding hydrogens is 542 g/mol. The molecule has 1 fully saturated rings. The van der Waals surface area contributed by atoms with Crippen LogP contribution in [0, 0.1) is 0 Å². The van der Waals surface area contributed by atoms with Crippen LogP contribution in [0.4, 0.5) is 44.3 Å². The number of aliphatic carboxylic acids is 1. The normalized spacial score (nSPS) is 15.8. The van der Waals surface area contributed by atoms with Crippen LogP contribution in [0.25, 0.3) is 0 Å². The Morgan fingerprint density at radius 2 is 1.46 bits per heavy atom. The van der Waals surface area contributed by atoms with Gasteiger partial charge in [-0.1, -0.05) is 6.07 Å². The molecule has 1 aliphatic rings. The number of ether oxygens (including phenoxy) is 2. The van der Waals surface area contributed by atoms with Crippen molar-refractivity contribution in [1.82, 2.24) is 9.80 Å². The van der Waals surface area contributed by atoms with Gasteiger partial charge >= 0.3 is 54.2 Å². The first kappa shape index (κ1) is 33.1. The van der Waals surface area contributed by atoms with E-state index in [1.807, 2.05) is 0 Å². The molecule has 0 aromatic heterocycles. The predicted molar refractivity (Wildman–Crippen MR) is 100 cm³/mol. The van der Waals surface area contributed by atoms with Crippen LogP contribution in [0.15, 0.2) is 18.2 Å². The molecule has 7 nitrogen and oxygen atoms in total. The standard InChI is InChI=1S/C20H21F9N2O5.Na/c1-17(2,15(32)33)36-13-9-12(18(21,22)23)4-3-11(13)10-30-5-7-31(8-6-30)16(34)35-14(19(24,25)26)20(27,28)29;/h3-4,9,14H,5-8,10H2,1-2H3,(H,32,33);/q;+1/p-1. The molecule has 1 amide bonds. The van der Waals surface area contributed by atoms with Gasteiger partial charge in [-0.3, -0.25) is 4.90 Å². The summed E-state index contributed by atoms with van der Waals surface area (Å²) in [6, 6.07) is 2.37. The molecule has 0 unspecified atom stereocenters. The van der Waals surface area contributed by atoms with Crippen LogP contribution in [-0.4, -0.2) is 72.1 Å². The Labute approximate surface area is 226 Å². The van der Waals surface area contributed by atoms with E-state index in [0.29, 0.717) is 11.0 Å². The van der Waals surface area contributed by atoms with Crippen LogP contribution in [0.1, 0.15) is 25.0 Å². The van der Waals surface area contributed by atoms with Crippen LogP contribution in [0.2, 0.25) is 0 Å². The number of nitrogens with zero attached hydrogens (tertiary/aromatic N) is 2. The van der Waals surface area contributed by atoms with Crippen molar-refractivity contribution in [2.24, 2.45) is 0 Å². The van der Waals surface area contributed by atoms with Gasteiger partial charge in [-0.15, -0.1) is 0 Å². The van der Waals surface area contributed by atoms with Gasteiger partial charge in [0.15, 0.2) is 0 Å². The van der Waals surface area contributed by atoms with Crippen molar-refractivity contribution in [2.45, 2.75) is 50.6 Å². The Bertz CT molecular complexity index is 945. The van der Waals surface area contributed by atoms with Crippen LogP contribution < -0.4 is 39.4 Å². The SMILES string of the molecule is CC(C)(Oc1cc(C(F)(F)F)ccc1CN1CCN(C(=O)OC(C(F)(F)F)C(F)(F)F)CC1)C(=O)[O-].[Na+]. The van der Waals surface area contributed by atoms with Gasteiger partial charge in [-0.25, -0.2) is 4.79 Å². The van der Waals surface area contributed by atoms with E-state index < -0.39 is 53.6 Å². The van der Waals surface area contributed by atoms with E-state index in [1.54, 1.807) is 0 Å². The molecule has 0 spiro atoms. The van der Waals surface area contributed by atoms with Crippen molar-refractivity contribution in [3.8, 4) is 5.75 Å². The summed E-state index contributed by atoms with van der Waals surface area (Å²) in [4.78, 5) is 25.3. The van der Waals surface area contributed by atoms with E-state index in [1.165, 1.54) is 4.90 Å². The molecule has 1 aliphatic heterocycles. The van der Waals surface area contributed by atoms with Gasteiger partial charge in [0.2, 0.25) is 0 Å². The van der Waals surface area contributed by atoms with Crippen LogP contribution in [0.5, 0.6) is 5.75 Å². The summed E-state index contributed by atoms with van der Waals surface area (Å²) < 4.78 is 124. The second kappa shape index (κ2) is 11.9. The number of amides is 1. The third kappa shape index (κ3) is 9.11. The Morgan fingerprint density at radius 3 is 1.89 bits per heavy atom. The molecule has 1 aromatic carbocycles. The Kier molecular flexibility index (Phi) is 10.6. The minimum atomic E-state index is -5.87. The van der Waals surface area contributed by atoms with E-state index in [9.17, 15) is 54.2 Å². The van der Waals surface area contributed by atoms with Gasteiger partial charge in [0.1, 0.15) is 11.4 Å². The maximum absolute atomic E-state index is 13.1. The molecule has 0 N–H and O–H groups in total. The number of hydrogen-bond acceptors (Lipinski definition) is 6. The quantitative estimate of drug-likeness (QED) is 0.368. The molecule has 0 radical (unpaired) electrons. The first-order valence-electron chi connectivity index (χ1n) is 10.1. The van der Waals surface area contributed by atoms with Crippen molar-refractivity contribution in [1.29, 1.82) is 0 Å². The van der Waals surface area contributed by atoms with Gasteiger partial charge in [-0.2, -0.15) is 39.5 Å². The largest absolute Gasteiger partial charge is 1.00 e. The number of benzene rings is 1. The first-order chi connectivity index (χ1) is 16.2. The van der Waals surface area contributed by atoms with E-state index >= 15 is 0 Å². The topological polar surface area (TPSA) is 82.1 Å². The molecule has 1 saturated heterocycles. The number of halogens is 9. The molecule has 0 bridgehead atoms. The Morgan fingerprint density at radius 1 is 0.946 bits per heavy atom. The fourth-order valence-electron chi connectivity index (χ4n) is 3.10. The number of carbonyl (C=O) groups excluding carboxylic acids is 2. The molecule has 1 aromatic rings. The van der Waals surface area contributed by atoms with Crippen molar-refractivity contribution >= 4 is 12.1 Å². The van der Waals surface area contributed by atoms with Gasteiger partial charge in [0.05, 0.1) is 11.5 Å². The number of alkyl halides is 9. The second-order valence-electron chi connectivity index (χ2n) is 8.33. The molecule has 204 valence electrons. The van der Waals surface area contributed by atoms with E-state index in [4.69, 9.17) is 4.74 Å². The third-order valence-electron chi connectivity index (χ3n) is 5.09. The molecular formula is C20H20F9N2NaO5. The zero-order chi connectivity index (χ0) is 27.7. The zero-order valence-electron chi connectivity index (χ0n) is 19.7. The predicted octanol–water partition coefficient (Wildman–Crippen LogP) is 0.364.